The first-order chi connectivity index (χ1) is 6.60. The zero-order valence-electron chi connectivity index (χ0n) is 6.97. The van der Waals surface area contributed by atoms with Crippen LogP contribution >= 0.6 is 15.9 Å². The maximum absolute atomic E-state index is 12.5. The van der Waals surface area contributed by atoms with Crippen molar-refractivity contribution in [3.05, 3.63) is 22.9 Å². The summed E-state index contributed by atoms with van der Waals surface area (Å²) in [5.41, 5.74) is 5.34. The van der Waals surface area contributed by atoms with Crippen molar-refractivity contribution in [3.63, 3.8) is 0 Å². The Balaban J connectivity index is 3.36. The van der Waals surface area contributed by atoms with E-state index in [1.54, 1.807) is 6.07 Å². The van der Waals surface area contributed by atoms with Gasteiger partial charge >= 0.3 is 0 Å². The molecule has 0 aliphatic rings. The molecule has 0 unspecified atom stereocenters. The molecule has 0 saturated heterocycles. The monoisotopic (exact) mass is 261 g/mol. The number of halogens is 3. The molecule has 0 fully saturated rings. The second kappa shape index (κ2) is 4.33. The maximum atomic E-state index is 12.5. The maximum Gasteiger partial charge on any atom is 0.267 e. The number of nitrogen functional groups attached to an aromatic ring is 1. The van der Waals surface area contributed by atoms with E-state index in [4.69, 9.17) is 11.0 Å². The van der Waals surface area contributed by atoms with Crippen molar-refractivity contribution >= 4 is 21.7 Å². The fourth-order valence-corrected chi connectivity index (χ4v) is 1.51. The number of rotatable bonds is 2. The van der Waals surface area contributed by atoms with Crippen LogP contribution in [-0.2, 0) is 5.33 Å². The zero-order chi connectivity index (χ0) is 10.7. The van der Waals surface area contributed by atoms with Crippen LogP contribution < -0.4 is 5.73 Å². The van der Waals surface area contributed by atoms with Gasteiger partial charge in [-0.3, -0.25) is 0 Å². The molecule has 2 N–H and O–H groups in total. The molecule has 1 aromatic heterocycles. The average Bonchev–Trinajstić information content (AvgIpc) is 2.15. The van der Waals surface area contributed by atoms with Gasteiger partial charge in [-0.05, 0) is 11.6 Å². The summed E-state index contributed by atoms with van der Waals surface area (Å²) in [6.07, 6.45) is -2.68. The molecule has 0 aliphatic carbocycles. The number of hydrogen-bond donors (Lipinski definition) is 1. The van der Waals surface area contributed by atoms with Gasteiger partial charge in [0.2, 0.25) is 0 Å². The molecule has 0 saturated carbocycles. The molecule has 0 spiro atoms. The molecule has 1 aromatic rings. The molecule has 74 valence electrons. The molecule has 0 aliphatic heterocycles. The lowest BCUT2D eigenvalue weighted by atomic mass is 10.1. The minimum Gasteiger partial charge on any atom is -0.383 e. The largest absolute Gasteiger partial charge is 0.383 e. The van der Waals surface area contributed by atoms with E-state index >= 15 is 0 Å². The SMILES string of the molecule is N#Cc1cc(CBr)c(C(F)F)c(N)n1. The predicted octanol–water partition coefficient (Wildman–Crippen LogP) is 2.37. The average molecular weight is 262 g/mol. The normalized spacial score (nSPS) is 10.2. The lowest BCUT2D eigenvalue weighted by Crippen LogP contribution is -2.04. The molecule has 0 bridgehead atoms. The van der Waals surface area contributed by atoms with E-state index in [2.05, 4.69) is 20.9 Å². The number of hydrogen-bond acceptors (Lipinski definition) is 3. The molecular formula is C8H6BrF2N3. The number of nitrogens with two attached hydrogens (primary N) is 1. The Bertz CT molecular complexity index is 387. The van der Waals surface area contributed by atoms with Crippen LogP contribution in [0.3, 0.4) is 0 Å². The third-order valence-electron chi connectivity index (χ3n) is 1.65. The molecule has 14 heavy (non-hydrogen) atoms. The third kappa shape index (κ3) is 1.99. The molecule has 0 atom stereocenters. The molecular weight excluding hydrogens is 256 g/mol. The topological polar surface area (TPSA) is 62.7 Å². The first kappa shape index (κ1) is 10.9. The summed E-state index contributed by atoms with van der Waals surface area (Å²) in [6.45, 7) is 0. The number of nitriles is 1. The Labute approximate surface area is 87.7 Å². The summed E-state index contributed by atoms with van der Waals surface area (Å²) in [5.74, 6) is -0.284. The highest BCUT2D eigenvalue weighted by Crippen LogP contribution is 2.29. The van der Waals surface area contributed by atoms with Crippen LogP contribution in [0, 0.1) is 11.3 Å². The number of nitrogens with zero attached hydrogens (tertiary/aromatic N) is 2. The van der Waals surface area contributed by atoms with Crippen LogP contribution in [0.25, 0.3) is 0 Å². The quantitative estimate of drug-likeness (QED) is 0.832. The summed E-state index contributed by atoms with van der Waals surface area (Å²) < 4.78 is 25.0. The Hall–Kier alpha value is -1.22. The van der Waals surface area contributed by atoms with Crippen LogP contribution in [-0.4, -0.2) is 4.98 Å². The van der Waals surface area contributed by atoms with E-state index in [1.165, 1.54) is 6.07 Å². The van der Waals surface area contributed by atoms with E-state index in [1.807, 2.05) is 0 Å². The summed E-state index contributed by atoms with van der Waals surface area (Å²) in [5, 5.41) is 8.76. The van der Waals surface area contributed by atoms with Crippen LogP contribution in [0.2, 0.25) is 0 Å². The van der Waals surface area contributed by atoms with Crippen molar-refractivity contribution in [2.45, 2.75) is 11.8 Å². The first-order valence-electron chi connectivity index (χ1n) is 3.63. The molecule has 0 aromatic carbocycles. The van der Waals surface area contributed by atoms with Crippen molar-refractivity contribution in [1.82, 2.24) is 4.98 Å². The van der Waals surface area contributed by atoms with Gasteiger partial charge in [-0.2, -0.15) is 5.26 Å². The van der Waals surface area contributed by atoms with Gasteiger partial charge < -0.3 is 5.73 Å². The summed E-state index contributed by atoms with van der Waals surface area (Å²) in [6, 6.07) is 3.05. The molecule has 3 nitrogen and oxygen atoms in total. The van der Waals surface area contributed by atoms with E-state index < -0.39 is 6.43 Å². The highest BCUT2D eigenvalue weighted by molar-refractivity contribution is 9.08. The lowest BCUT2D eigenvalue weighted by molar-refractivity contribution is 0.151. The lowest BCUT2D eigenvalue weighted by Gasteiger charge is -2.08. The van der Waals surface area contributed by atoms with Crippen LogP contribution in [0.1, 0.15) is 23.2 Å². The fraction of sp³-hybridized carbons (Fsp3) is 0.250. The van der Waals surface area contributed by atoms with Crippen molar-refractivity contribution in [1.29, 1.82) is 5.26 Å². The Morgan fingerprint density at radius 2 is 2.29 bits per heavy atom. The van der Waals surface area contributed by atoms with Gasteiger partial charge in [0.25, 0.3) is 6.43 Å². The van der Waals surface area contributed by atoms with Crippen LogP contribution in [0.4, 0.5) is 14.6 Å². The minimum absolute atomic E-state index is 0.0429. The molecule has 1 rings (SSSR count). The smallest absolute Gasteiger partial charge is 0.267 e. The summed E-state index contributed by atoms with van der Waals surface area (Å²) in [7, 11) is 0. The van der Waals surface area contributed by atoms with Gasteiger partial charge in [-0.25, -0.2) is 13.8 Å². The predicted molar refractivity (Wildman–Crippen MR) is 51.0 cm³/mol. The van der Waals surface area contributed by atoms with Gasteiger partial charge in [0.15, 0.2) is 0 Å². The number of anilines is 1. The highest BCUT2D eigenvalue weighted by Gasteiger charge is 2.18. The van der Waals surface area contributed by atoms with Gasteiger partial charge in [0.05, 0.1) is 5.56 Å². The Morgan fingerprint density at radius 1 is 1.64 bits per heavy atom. The van der Waals surface area contributed by atoms with Gasteiger partial charge in [-0.15, -0.1) is 0 Å². The Kier molecular flexibility index (Phi) is 3.36. The van der Waals surface area contributed by atoms with Crippen LogP contribution in [0.15, 0.2) is 6.07 Å². The third-order valence-corrected chi connectivity index (χ3v) is 2.25. The second-order valence-corrected chi connectivity index (χ2v) is 3.07. The van der Waals surface area contributed by atoms with Crippen molar-refractivity contribution < 1.29 is 8.78 Å². The van der Waals surface area contributed by atoms with Crippen molar-refractivity contribution in [2.24, 2.45) is 0 Å². The number of alkyl halides is 3. The molecule has 6 heteroatoms. The summed E-state index contributed by atoms with van der Waals surface area (Å²) in [4.78, 5) is 3.54. The van der Waals surface area contributed by atoms with E-state index in [-0.39, 0.29) is 22.4 Å². The van der Waals surface area contributed by atoms with Gasteiger partial charge in [0, 0.05) is 5.33 Å². The van der Waals surface area contributed by atoms with Gasteiger partial charge in [0.1, 0.15) is 17.6 Å². The van der Waals surface area contributed by atoms with Crippen LogP contribution in [0.5, 0.6) is 0 Å². The number of pyridine rings is 1. The standard InChI is InChI=1S/C8H6BrF2N3/c9-2-4-1-5(3-12)14-8(13)6(4)7(10)11/h1,7H,2H2,(H2,13,14). The first-order valence-corrected chi connectivity index (χ1v) is 4.75. The molecule has 1 heterocycles. The molecule has 0 radical (unpaired) electrons. The van der Waals surface area contributed by atoms with Gasteiger partial charge in [-0.1, -0.05) is 15.9 Å². The molecule has 0 amide bonds. The number of aromatic nitrogens is 1. The van der Waals surface area contributed by atoms with Crippen molar-refractivity contribution in [3.8, 4) is 6.07 Å². The fourth-order valence-electron chi connectivity index (χ4n) is 1.05. The highest BCUT2D eigenvalue weighted by atomic mass is 79.9. The zero-order valence-corrected chi connectivity index (χ0v) is 8.55. The Morgan fingerprint density at radius 3 is 2.71 bits per heavy atom. The van der Waals surface area contributed by atoms with E-state index in [9.17, 15) is 8.78 Å². The summed E-state index contributed by atoms with van der Waals surface area (Å²) >= 11 is 3.05. The van der Waals surface area contributed by atoms with E-state index in [0.717, 1.165) is 0 Å². The van der Waals surface area contributed by atoms with E-state index in [0.29, 0.717) is 5.56 Å². The minimum atomic E-state index is -2.68. The van der Waals surface area contributed by atoms with Crippen molar-refractivity contribution in [2.75, 3.05) is 5.73 Å². The second-order valence-electron chi connectivity index (χ2n) is 2.51.